The molecule has 4 heterocycles. The molecule has 0 atom stereocenters. The van der Waals surface area contributed by atoms with E-state index in [9.17, 15) is 22.8 Å². The highest BCUT2D eigenvalue weighted by molar-refractivity contribution is 7.21. The summed E-state index contributed by atoms with van der Waals surface area (Å²) in [6.07, 6.45) is -1.51. The van der Waals surface area contributed by atoms with E-state index in [1.807, 2.05) is 0 Å². The van der Waals surface area contributed by atoms with Crippen molar-refractivity contribution >= 4 is 39.1 Å². The fraction of sp³-hybridized carbons (Fsp3) is 0.0435. The molecule has 4 aromatic heterocycles. The van der Waals surface area contributed by atoms with Crippen molar-refractivity contribution in [1.82, 2.24) is 15.2 Å². The van der Waals surface area contributed by atoms with Crippen LogP contribution in [-0.2, 0) is 0 Å². The standard InChI is InChI=1S/C23H14F3N5O3S/c24-11-5-3-10(4-6-11)13-9-15(31-30-13)22(33)29-18-17-12(16-2-1-7-34-16)8-14(20(25)26)28-23(17)35-19(18)21(27)32/h1-9,20H,(H2,27,32)(H,29,33)(H,30,31). The van der Waals surface area contributed by atoms with Crippen molar-refractivity contribution in [2.45, 2.75) is 6.43 Å². The summed E-state index contributed by atoms with van der Waals surface area (Å²) in [6, 6.07) is 11.3. The number of carbonyl (C=O) groups excluding carboxylic acids is 2. The van der Waals surface area contributed by atoms with E-state index in [-0.39, 0.29) is 37.8 Å². The predicted octanol–water partition coefficient (Wildman–Crippen LogP) is 5.37. The molecule has 35 heavy (non-hydrogen) atoms. The number of aromatic nitrogens is 3. The summed E-state index contributed by atoms with van der Waals surface area (Å²) < 4.78 is 45.6. The van der Waals surface area contributed by atoms with Gasteiger partial charge in [0.05, 0.1) is 17.6 Å². The number of H-pyrrole nitrogens is 1. The number of carbonyl (C=O) groups is 2. The molecular weight excluding hydrogens is 483 g/mol. The van der Waals surface area contributed by atoms with Gasteiger partial charge in [0.25, 0.3) is 18.2 Å². The lowest BCUT2D eigenvalue weighted by molar-refractivity contribution is 0.100. The minimum absolute atomic E-state index is 0.0140. The van der Waals surface area contributed by atoms with Crippen LogP contribution in [0.5, 0.6) is 0 Å². The molecule has 0 radical (unpaired) electrons. The SMILES string of the molecule is NC(=O)c1sc2nc(C(F)F)cc(-c3ccco3)c2c1NC(=O)c1cc(-c2ccc(F)cc2)n[nH]1. The third-order valence-corrected chi connectivity index (χ3v) is 6.22. The van der Waals surface area contributed by atoms with Crippen molar-refractivity contribution in [2.75, 3.05) is 5.32 Å². The van der Waals surface area contributed by atoms with Crippen LogP contribution in [0.15, 0.2) is 59.2 Å². The fourth-order valence-corrected chi connectivity index (χ4v) is 4.55. The molecule has 0 aliphatic carbocycles. The molecule has 0 fully saturated rings. The zero-order valence-corrected chi connectivity index (χ0v) is 18.3. The maximum absolute atomic E-state index is 13.5. The van der Waals surface area contributed by atoms with Gasteiger partial charge in [-0.05, 0) is 48.5 Å². The number of rotatable bonds is 6. The van der Waals surface area contributed by atoms with Crippen molar-refractivity contribution in [2.24, 2.45) is 5.73 Å². The molecule has 0 bridgehead atoms. The number of halogens is 3. The van der Waals surface area contributed by atoms with Crippen molar-refractivity contribution in [1.29, 1.82) is 0 Å². The highest BCUT2D eigenvalue weighted by atomic mass is 32.1. The van der Waals surface area contributed by atoms with E-state index >= 15 is 0 Å². The van der Waals surface area contributed by atoms with E-state index in [0.717, 1.165) is 17.4 Å². The number of anilines is 1. The van der Waals surface area contributed by atoms with E-state index in [1.54, 1.807) is 12.1 Å². The topological polar surface area (TPSA) is 127 Å². The molecule has 0 spiro atoms. The van der Waals surface area contributed by atoms with Gasteiger partial charge in [-0.25, -0.2) is 18.2 Å². The van der Waals surface area contributed by atoms with Crippen LogP contribution in [0.4, 0.5) is 18.9 Å². The Bertz CT molecular complexity index is 1560. The highest BCUT2D eigenvalue weighted by Crippen LogP contribution is 2.42. The van der Waals surface area contributed by atoms with Gasteiger partial charge < -0.3 is 15.5 Å². The van der Waals surface area contributed by atoms with Gasteiger partial charge >= 0.3 is 0 Å². The van der Waals surface area contributed by atoms with Gasteiger partial charge in [0.2, 0.25) is 0 Å². The molecule has 0 saturated carbocycles. The van der Waals surface area contributed by atoms with Crippen molar-refractivity contribution < 1.29 is 27.2 Å². The number of hydrogen-bond acceptors (Lipinski definition) is 6. The number of amides is 2. The quantitative estimate of drug-likeness (QED) is 0.291. The molecule has 4 N–H and O–H groups in total. The number of hydrogen-bond donors (Lipinski definition) is 3. The van der Waals surface area contributed by atoms with E-state index in [2.05, 4.69) is 20.5 Å². The molecular formula is C23H14F3N5O3S. The Morgan fingerprint density at radius 3 is 2.57 bits per heavy atom. The lowest BCUT2D eigenvalue weighted by Gasteiger charge is -2.09. The fourth-order valence-electron chi connectivity index (χ4n) is 3.54. The molecule has 5 rings (SSSR count). The average molecular weight is 497 g/mol. The molecule has 0 saturated heterocycles. The number of nitrogens with one attached hydrogen (secondary N) is 2. The lowest BCUT2D eigenvalue weighted by Crippen LogP contribution is -2.17. The minimum atomic E-state index is -2.87. The van der Waals surface area contributed by atoms with E-state index in [1.165, 1.54) is 36.6 Å². The number of nitrogens with two attached hydrogens (primary N) is 1. The molecule has 0 unspecified atom stereocenters. The summed E-state index contributed by atoms with van der Waals surface area (Å²) in [5.41, 5.74) is 6.23. The molecule has 8 nitrogen and oxygen atoms in total. The second kappa shape index (κ2) is 8.72. The molecule has 176 valence electrons. The first kappa shape index (κ1) is 22.3. The first-order chi connectivity index (χ1) is 16.8. The van der Waals surface area contributed by atoms with Crippen LogP contribution in [0.2, 0.25) is 0 Å². The molecule has 5 aromatic rings. The first-order valence-electron chi connectivity index (χ1n) is 10.0. The Morgan fingerprint density at radius 2 is 1.91 bits per heavy atom. The van der Waals surface area contributed by atoms with Crippen LogP contribution in [-0.4, -0.2) is 27.0 Å². The summed E-state index contributed by atoms with van der Waals surface area (Å²) in [6.45, 7) is 0. The number of aromatic amines is 1. The lowest BCUT2D eigenvalue weighted by atomic mass is 10.1. The summed E-state index contributed by atoms with van der Waals surface area (Å²) in [7, 11) is 0. The molecule has 0 aliphatic heterocycles. The Kier molecular flexibility index (Phi) is 5.57. The number of benzene rings is 1. The van der Waals surface area contributed by atoms with Crippen LogP contribution in [0.1, 0.15) is 32.3 Å². The van der Waals surface area contributed by atoms with E-state index < -0.39 is 29.8 Å². The third-order valence-electron chi connectivity index (χ3n) is 5.12. The number of furan rings is 1. The summed E-state index contributed by atoms with van der Waals surface area (Å²) in [5, 5.41) is 9.52. The average Bonchev–Trinajstić information content (AvgIpc) is 3.59. The number of thiophene rings is 1. The van der Waals surface area contributed by atoms with Crippen molar-refractivity contribution in [3.63, 3.8) is 0 Å². The first-order valence-corrected chi connectivity index (χ1v) is 10.9. The summed E-state index contributed by atoms with van der Waals surface area (Å²) >= 11 is 0.779. The molecule has 0 aliphatic rings. The predicted molar refractivity (Wildman–Crippen MR) is 123 cm³/mol. The maximum atomic E-state index is 13.5. The summed E-state index contributed by atoms with van der Waals surface area (Å²) in [5.74, 6) is -1.72. The number of nitrogens with zero attached hydrogens (tertiary/aromatic N) is 2. The van der Waals surface area contributed by atoms with E-state index in [0.29, 0.717) is 11.3 Å². The highest BCUT2D eigenvalue weighted by Gasteiger charge is 2.26. The van der Waals surface area contributed by atoms with Gasteiger partial charge in [-0.15, -0.1) is 11.3 Å². The van der Waals surface area contributed by atoms with Crippen molar-refractivity contribution in [3.05, 3.63) is 76.9 Å². The third kappa shape index (κ3) is 4.15. The number of alkyl halides is 2. The number of primary amides is 1. The van der Waals surface area contributed by atoms with Crippen LogP contribution < -0.4 is 11.1 Å². The second-order valence-electron chi connectivity index (χ2n) is 7.35. The van der Waals surface area contributed by atoms with Crippen LogP contribution >= 0.6 is 11.3 Å². The minimum Gasteiger partial charge on any atom is -0.464 e. The Balaban J connectivity index is 1.59. The zero-order valence-electron chi connectivity index (χ0n) is 17.5. The van der Waals surface area contributed by atoms with Crippen LogP contribution in [0, 0.1) is 5.82 Å². The van der Waals surface area contributed by atoms with Crippen LogP contribution in [0.25, 0.3) is 32.8 Å². The van der Waals surface area contributed by atoms with Crippen molar-refractivity contribution in [3.8, 4) is 22.6 Å². The van der Waals surface area contributed by atoms with Gasteiger partial charge in [-0.2, -0.15) is 5.10 Å². The van der Waals surface area contributed by atoms with Gasteiger partial charge in [-0.1, -0.05) is 0 Å². The summed E-state index contributed by atoms with van der Waals surface area (Å²) in [4.78, 5) is 29.2. The Labute approximate surface area is 198 Å². The number of fused-ring (bicyclic) bond motifs is 1. The zero-order chi connectivity index (χ0) is 24.7. The smallest absolute Gasteiger partial charge is 0.280 e. The Hall–Kier alpha value is -4.45. The van der Waals surface area contributed by atoms with Crippen LogP contribution in [0.3, 0.4) is 0 Å². The number of pyridine rings is 1. The monoisotopic (exact) mass is 497 g/mol. The van der Waals surface area contributed by atoms with E-state index in [4.69, 9.17) is 10.2 Å². The Morgan fingerprint density at radius 1 is 1.14 bits per heavy atom. The molecule has 12 heteroatoms. The van der Waals surface area contributed by atoms with Gasteiger partial charge in [0.15, 0.2) is 0 Å². The molecule has 1 aromatic carbocycles. The maximum Gasteiger partial charge on any atom is 0.280 e. The largest absolute Gasteiger partial charge is 0.464 e. The van der Waals surface area contributed by atoms with Gasteiger partial charge in [0, 0.05) is 16.5 Å². The normalized spacial score (nSPS) is 11.3. The molecule has 2 amide bonds. The van der Waals surface area contributed by atoms with Gasteiger partial charge in [-0.3, -0.25) is 14.7 Å². The second-order valence-corrected chi connectivity index (χ2v) is 8.35. The van der Waals surface area contributed by atoms with Gasteiger partial charge in [0.1, 0.15) is 32.7 Å².